The normalized spacial score (nSPS) is 14.2. The highest BCUT2D eigenvalue weighted by Gasteiger charge is 2.19. The lowest BCUT2D eigenvalue weighted by atomic mass is 10.1. The van der Waals surface area contributed by atoms with Crippen LogP contribution < -0.4 is 9.47 Å². The Balaban J connectivity index is 1.03. The van der Waals surface area contributed by atoms with Crippen LogP contribution in [-0.2, 0) is 17.9 Å². The first kappa shape index (κ1) is 27.6. The Bertz CT molecular complexity index is 1880. The molecule has 4 aromatic heterocycles. The van der Waals surface area contributed by atoms with Crippen LogP contribution in [0.4, 0.5) is 0 Å². The van der Waals surface area contributed by atoms with E-state index in [0.29, 0.717) is 35.1 Å². The van der Waals surface area contributed by atoms with E-state index in [-0.39, 0.29) is 5.91 Å². The summed E-state index contributed by atoms with van der Waals surface area (Å²) in [5, 5.41) is 9.22. The molecule has 43 heavy (non-hydrogen) atoms. The molecule has 5 heterocycles. The van der Waals surface area contributed by atoms with E-state index in [0.717, 1.165) is 64.3 Å². The van der Waals surface area contributed by atoms with Crippen molar-refractivity contribution in [3.05, 3.63) is 70.3 Å². The van der Waals surface area contributed by atoms with Crippen molar-refractivity contribution in [2.24, 2.45) is 0 Å². The zero-order valence-electron chi connectivity index (χ0n) is 24.1. The lowest BCUT2D eigenvalue weighted by Gasteiger charge is -2.34. The SMILES string of the molecule is COc1cc(OCc2csc(-c3ccc(CN4CCN(C(C)=O)CC4)cc3)n2)c2cc(-c3cn4nc(C)sc4n3)oc2c1. The number of benzene rings is 2. The van der Waals surface area contributed by atoms with Crippen molar-refractivity contribution in [3.8, 4) is 33.5 Å². The molecule has 7 rings (SSSR count). The van der Waals surface area contributed by atoms with Gasteiger partial charge >= 0.3 is 0 Å². The molecular formula is C31H30N6O4S2. The van der Waals surface area contributed by atoms with Gasteiger partial charge in [-0.3, -0.25) is 9.69 Å². The number of thiazole rings is 1. The Labute approximate surface area is 256 Å². The predicted molar refractivity (Wildman–Crippen MR) is 167 cm³/mol. The van der Waals surface area contributed by atoms with Crippen LogP contribution in [0.25, 0.3) is 38.0 Å². The molecule has 1 saturated heterocycles. The third-order valence-corrected chi connectivity index (χ3v) is 9.34. The average Bonchev–Trinajstić information content (AvgIpc) is 3.80. The van der Waals surface area contributed by atoms with Gasteiger partial charge in [0.25, 0.3) is 0 Å². The van der Waals surface area contributed by atoms with Crippen molar-refractivity contribution >= 4 is 44.5 Å². The van der Waals surface area contributed by atoms with Crippen LogP contribution in [0.5, 0.6) is 11.5 Å². The maximum absolute atomic E-state index is 11.6. The number of aromatic nitrogens is 4. The number of nitrogens with zero attached hydrogens (tertiary/aromatic N) is 6. The maximum atomic E-state index is 11.6. The summed E-state index contributed by atoms with van der Waals surface area (Å²) in [6.45, 7) is 8.17. The predicted octanol–water partition coefficient (Wildman–Crippen LogP) is 5.89. The second-order valence-electron chi connectivity index (χ2n) is 10.5. The first-order valence-corrected chi connectivity index (χ1v) is 15.7. The molecule has 220 valence electrons. The summed E-state index contributed by atoms with van der Waals surface area (Å²) < 4.78 is 19.7. The Morgan fingerprint density at radius 1 is 1.07 bits per heavy atom. The Morgan fingerprint density at radius 2 is 1.88 bits per heavy atom. The van der Waals surface area contributed by atoms with E-state index in [9.17, 15) is 4.79 Å². The molecular weight excluding hydrogens is 585 g/mol. The number of aryl methyl sites for hydroxylation is 1. The van der Waals surface area contributed by atoms with Crippen LogP contribution in [0.15, 0.2) is 58.5 Å². The fourth-order valence-corrected chi connectivity index (χ4v) is 6.79. The van der Waals surface area contributed by atoms with Crippen molar-refractivity contribution in [1.82, 2.24) is 29.4 Å². The minimum absolute atomic E-state index is 0.156. The molecule has 0 saturated carbocycles. The lowest BCUT2D eigenvalue weighted by Crippen LogP contribution is -2.47. The van der Waals surface area contributed by atoms with Gasteiger partial charge in [-0.15, -0.1) is 11.3 Å². The zero-order valence-corrected chi connectivity index (χ0v) is 25.7. The number of carbonyl (C=O) groups is 1. The van der Waals surface area contributed by atoms with Crippen LogP contribution in [0.3, 0.4) is 0 Å². The molecule has 10 nitrogen and oxygen atoms in total. The largest absolute Gasteiger partial charge is 0.496 e. The van der Waals surface area contributed by atoms with Crippen LogP contribution in [0.2, 0.25) is 0 Å². The van der Waals surface area contributed by atoms with Crippen molar-refractivity contribution in [3.63, 3.8) is 0 Å². The number of imidazole rings is 1. The van der Waals surface area contributed by atoms with E-state index < -0.39 is 0 Å². The van der Waals surface area contributed by atoms with Gasteiger partial charge in [0, 0.05) is 62.7 Å². The third-order valence-electron chi connectivity index (χ3n) is 7.56. The number of hydrogen-bond acceptors (Lipinski definition) is 10. The molecule has 1 aliphatic heterocycles. The van der Waals surface area contributed by atoms with Gasteiger partial charge in [-0.1, -0.05) is 35.6 Å². The van der Waals surface area contributed by atoms with Gasteiger partial charge in [0.05, 0.1) is 24.4 Å². The van der Waals surface area contributed by atoms with Gasteiger partial charge in [0.15, 0.2) is 5.76 Å². The Hall–Kier alpha value is -4.26. The summed E-state index contributed by atoms with van der Waals surface area (Å²) in [4.78, 5) is 26.2. The number of hydrogen-bond donors (Lipinski definition) is 0. The third kappa shape index (κ3) is 5.73. The van der Waals surface area contributed by atoms with Crippen LogP contribution in [0.1, 0.15) is 23.2 Å². The molecule has 1 aliphatic rings. The molecule has 0 radical (unpaired) electrons. The van der Waals surface area contributed by atoms with Gasteiger partial charge in [0.1, 0.15) is 39.4 Å². The monoisotopic (exact) mass is 614 g/mol. The Morgan fingerprint density at radius 3 is 2.63 bits per heavy atom. The summed E-state index contributed by atoms with van der Waals surface area (Å²) >= 11 is 3.13. The average molecular weight is 615 g/mol. The van der Waals surface area contributed by atoms with E-state index in [1.165, 1.54) is 16.9 Å². The molecule has 2 aromatic carbocycles. The lowest BCUT2D eigenvalue weighted by molar-refractivity contribution is -0.130. The standard InChI is InChI=1S/C31H30N6O4S2/c1-19-34-37-16-26(33-31(37)43-19)29-14-25-27(12-24(39-3)13-28(25)41-29)40-17-23-18-42-30(32-23)22-6-4-21(5-7-22)15-35-8-10-36(11-9-35)20(2)38/h4-7,12-14,16,18H,8-11,15,17H2,1-3H3. The fraction of sp³-hybridized carbons (Fsp3) is 0.290. The van der Waals surface area contributed by atoms with Gasteiger partial charge in [-0.2, -0.15) is 5.10 Å². The van der Waals surface area contributed by atoms with E-state index in [1.54, 1.807) is 29.9 Å². The van der Waals surface area contributed by atoms with E-state index in [1.807, 2.05) is 41.6 Å². The number of piperazine rings is 1. The van der Waals surface area contributed by atoms with E-state index in [2.05, 4.69) is 39.2 Å². The van der Waals surface area contributed by atoms with E-state index >= 15 is 0 Å². The van der Waals surface area contributed by atoms with Crippen molar-refractivity contribution in [2.75, 3.05) is 33.3 Å². The zero-order chi connectivity index (χ0) is 29.5. The summed E-state index contributed by atoms with van der Waals surface area (Å²) in [6.07, 6.45) is 1.87. The summed E-state index contributed by atoms with van der Waals surface area (Å²) in [5.74, 6) is 2.10. The topological polar surface area (TPSA) is 98.2 Å². The van der Waals surface area contributed by atoms with Gasteiger partial charge < -0.3 is 18.8 Å². The van der Waals surface area contributed by atoms with Crippen LogP contribution >= 0.6 is 22.7 Å². The second kappa shape index (κ2) is 11.4. The molecule has 0 atom stereocenters. The minimum Gasteiger partial charge on any atom is -0.496 e. The number of ether oxygens (including phenoxy) is 2. The molecule has 0 aliphatic carbocycles. The summed E-state index contributed by atoms with van der Waals surface area (Å²) in [6, 6.07) is 14.2. The van der Waals surface area contributed by atoms with Crippen molar-refractivity contribution in [1.29, 1.82) is 0 Å². The number of methoxy groups -OCH3 is 1. The quantitative estimate of drug-likeness (QED) is 0.209. The molecule has 1 amide bonds. The number of carbonyl (C=O) groups excluding carboxylic acids is 1. The molecule has 0 spiro atoms. The molecule has 6 aromatic rings. The first-order chi connectivity index (χ1) is 20.9. The fourth-order valence-electron chi connectivity index (χ4n) is 5.25. The van der Waals surface area contributed by atoms with Gasteiger partial charge in [0.2, 0.25) is 10.9 Å². The number of rotatable bonds is 8. The number of fused-ring (bicyclic) bond motifs is 2. The Kier molecular flexibility index (Phi) is 7.33. The minimum atomic E-state index is 0.156. The van der Waals surface area contributed by atoms with Crippen molar-refractivity contribution in [2.45, 2.75) is 27.0 Å². The number of amides is 1. The maximum Gasteiger partial charge on any atom is 0.219 e. The smallest absolute Gasteiger partial charge is 0.219 e. The van der Waals surface area contributed by atoms with Crippen molar-refractivity contribution < 1.29 is 18.7 Å². The highest BCUT2D eigenvalue weighted by Crippen LogP contribution is 2.37. The van der Waals surface area contributed by atoms with Gasteiger partial charge in [-0.05, 0) is 18.6 Å². The van der Waals surface area contributed by atoms with Crippen LogP contribution in [0, 0.1) is 6.92 Å². The highest BCUT2D eigenvalue weighted by molar-refractivity contribution is 7.16. The second-order valence-corrected chi connectivity index (χ2v) is 12.6. The molecule has 0 bridgehead atoms. The first-order valence-electron chi connectivity index (χ1n) is 14.0. The molecule has 12 heteroatoms. The summed E-state index contributed by atoms with van der Waals surface area (Å²) in [5.41, 5.74) is 4.55. The van der Waals surface area contributed by atoms with E-state index in [4.69, 9.17) is 18.9 Å². The molecule has 0 unspecified atom stereocenters. The number of furan rings is 1. The molecule has 0 N–H and O–H groups in total. The van der Waals surface area contributed by atoms with Gasteiger partial charge in [-0.25, -0.2) is 14.5 Å². The van der Waals surface area contributed by atoms with Crippen LogP contribution in [-0.4, -0.2) is 68.6 Å². The highest BCUT2D eigenvalue weighted by atomic mass is 32.1. The molecule has 1 fully saturated rings. The summed E-state index contributed by atoms with van der Waals surface area (Å²) in [7, 11) is 1.62.